The molecule has 5 nitrogen and oxygen atoms in total. The fourth-order valence-corrected chi connectivity index (χ4v) is 4.52. The number of hydrogen-bond donors (Lipinski definition) is 0. The minimum absolute atomic E-state index is 0.272. The van der Waals surface area contributed by atoms with Gasteiger partial charge in [-0.1, -0.05) is 6.42 Å². The molecule has 3 fully saturated rings. The first kappa shape index (κ1) is 14.2. The van der Waals surface area contributed by atoms with Gasteiger partial charge in [-0.05, 0) is 49.9 Å². The van der Waals surface area contributed by atoms with Crippen molar-refractivity contribution in [3.63, 3.8) is 0 Å². The van der Waals surface area contributed by atoms with Gasteiger partial charge in [-0.2, -0.15) is 0 Å². The monoisotopic (exact) mass is 302 g/mol. The Balaban J connectivity index is 1.35. The van der Waals surface area contributed by atoms with E-state index in [0.717, 1.165) is 29.9 Å². The van der Waals surface area contributed by atoms with Crippen molar-refractivity contribution in [3.05, 3.63) is 11.6 Å². The lowest BCUT2D eigenvalue weighted by Gasteiger charge is -2.24. The van der Waals surface area contributed by atoms with E-state index in [1.807, 2.05) is 19.0 Å². The van der Waals surface area contributed by atoms with Gasteiger partial charge in [0.2, 0.25) is 5.91 Å². The first-order valence-corrected chi connectivity index (χ1v) is 8.74. The first-order valence-electron chi connectivity index (χ1n) is 8.74. The zero-order valence-electron chi connectivity index (χ0n) is 13.7. The average molecular weight is 302 g/mol. The van der Waals surface area contributed by atoms with Gasteiger partial charge in [-0.15, -0.1) is 10.2 Å². The van der Waals surface area contributed by atoms with Crippen molar-refractivity contribution in [1.82, 2.24) is 19.7 Å². The Morgan fingerprint density at radius 3 is 2.68 bits per heavy atom. The summed E-state index contributed by atoms with van der Waals surface area (Å²) in [6.45, 7) is 0.579. The van der Waals surface area contributed by atoms with Gasteiger partial charge in [0, 0.05) is 26.4 Å². The molecule has 0 radical (unpaired) electrons. The Morgan fingerprint density at radius 1 is 1.23 bits per heavy atom. The molecule has 3 saturated carbocycles. The van der Waals surface area contributed by atoms with Crippen LogP contribution in [0.4, 0.5) is 0 Å². The lowest BCUT2D eigenvalue weighted by molar-refractivity contribution is -0.132. The quantitative estimate of drug-likeness (QED) is 0.839. The van der Waals surface area contributed by atoms with E-state index in [4.69, 9.17) is 0 Å². The van der Waals surface area contributed by atoms with Crippen molar-refractivity contribution in [1.29, 1.82) is 0 Å². The van der Waals surface area contributed by atoms with Crippen LogP contribution in [0.3, 0.4) is 0 Å². The number of hydrogen-bond acceptors (Lipinski definition) is 3. The third-order valence-corrected chi connectivity index (χ3v) is 6.07. The van der Waals surface area contributed by atoms with Gasteiger partial charge in [0.15, 0.2) is 5.82 Å². The maximum atomic E-state index is 12.5. The number of rotatable bonds is 5. The molecule has 3 aliphatic rings. The van der Waals surface area contributed by atoms with Gasteiger partial charge < -0.3 is 9.47 Å². The molecule has 22 heavy (non-hydrogen) atoms. The molecule has 0 saturated heterocycles. The summed E-state index contributed by atoms with van der Waals surface area (Å²) in [5.41, 5.74) is 0. The van der Waals surface area contributed by atoms with Crippen LogP contribution in [0.1, 0.15) is 62.5 Å². The second-order valence-electron chi connectivity index (χ2n) is 7.70. The number of nitrogens with zero attached hydrogens (tertiary/aromatic N) is 4. The molecule has 0 spiro atoms. The highest BCUT2D eigenvalue weighted by Gasteiger charge is 2.40. The van der Waals surface area contributed by atoms with E-state index in [9.17, 15) is 4.79 Å². The molecule has 0 aliphatic heterocycles. The van der Waals surface area contributed by atoms with Crippen LogP contribution >= 0.6 is 0 Å². The number of amides is 1. The maximum absolute atomic E-state index is 12.5. The fraction of sp³-hybridized carbons (Fsp3) is 0.824. The van der Waals surface area contributed by atoms with E-state index in [-0.39, 0.29) is 5.91 Å². The third-order valence-electron chi connectivity index (χ3n) is 6.07. The number of aromatic nitrogens is 3. The summed E-state index contributed by atoms with van der Waals surface area (Å²) in [5.74, 6) is 5.23. The minimum atomic E-state index is 0.272. The van der Waals surface area contributed by atoms with Crippen LogP contribution in [-0.2, 0) is 18.4 Å². The van der Waals surface area contributed by atoms with Gasteiger partial charge in [-0.25, -0.2) is 0 Å². The Labute approximate surface area is 132 Å². The van der Waals surface area contributed by atoms with Crippen LogP contribution in [0.25, 0.3) is 0 Å². The van der Waals surface area contributed by atoms with Crippen molar-refractivity contribution >= 4 is 5.91 Å². The Morgan fingerprint density at radius 2 is 2.05 bits per heavy atom. The zero-order chi connectivity index (χ0) is 15.3. The Bertz CT molecular complexity index is 577. The highest BCUT2D eigenvalue weighted by molar-refractivity contribution is 5.76. The van der Waals surface area contributed by atoms with Gasteiger partial charge in [0.25, 0.3) is 0 Å². The molecule has 120 valence electrons. The normalized spacial score (nSPS) is 30.0. The largest absolute Gasteiger partial charge is 0.338 e. The molecule has 1 aromatic rings. The van der Waals surface area contributed by atoms with E-state index >= 15 is 0 Å². The number of carbonyl (C=O) groups excluding carboxylic acids is 1. The topological polar surface area (TPSA) is 51.0 Å². The van der Waals surface area contributed by atoms with Crippen molar-refractivity contribution in [2.75, 3.05) is 7.05 Å². The molecule has 0 N–H and O–H groups in total. The molecule has 4 rings (SSSR count). The standard InChI is InChI=1S/C17H26N4O/c1-20(10-15-18-19-17(21(15)2)12-5-6-12)16(22)9-14-8-11-3-4-13(14)7-11/h11-14H,3-10H2,1-2H3/t11-,13-,14-/m0/s1. The van der Waals surface area contributed by atoms with E-state index in [1.165, 1.54) is 38.5 Å². The second kappa shape index (κ2) is 5.36. The summed E-state index contributed by atoms with van der Waals surface area (Å²) in [4.78, 5) is 14.4. The molecule has 1 amide bonds. The van der Waals surface area contributed by atoms with Crippen molar-refractivity contribution in [2.24, 2.45) is 24.8 Å². The van der Waals surface area contributed by atoms with Crippen molar-refractivity contribution in [3.8, 4) is 0 Å². The molecule has 1 aromatic heterocycles. The van der Waals surface area contributed by atoms with Crippen LogP contribution < -0.4 is 0 Å². The molecule has 0 aromatic carbocycles. The van der Waals surface area contributed by atoms with E-state index in [0.29, 0.717) is 18.4 Å². The van der Waals surface area contributed by atoms with Crippen molar-refractivity contribution in [2.45, 2.75) is 57.4 Å². The molecular formula is C17H26N4O. The maximum Gasteiger partial charge on any atom is 0.223 e. The van der Waals surface area contributed by atoms with Gasteiger partial charge in [-0.3, -0.25) is 4.79 Å². The Hall–Kier alpha value is -1.39. The zero-order valence-corrected chi connectivity index (χ0v) is 13.7. The van der Waals surface area contributed by atoms with Crippen LogP contribution in [-0.4, -0.2) is 32.6 Å². The van der Waals surface area contributed by atoms with E-state index in [2.05, 4.69) is 14.8 Å². The van der Waals surface area contributed by atoms with Crippen LogP contribution in [0.15, 0.2) is 0 Å². The van der Waals surface area contributed by atoms with Gasteiger partial charge in [0.1, 0.15) is 5.82 Å². The predicted molar refractivity (Wildman–Crippen MR) is 83.0 cm³/mol. The van der Waals surface area contributed by atoms with Gasteiger partial charge >= 0.3 is 0 Å². The smallest absolute Gasteiger partial charge is 0.223 e. The van der Waals surface area contributed by atoms with Gasteiger partial charge in [0.05, 0.1) is 6.54 Å². The summed E-state index contributed by atoms with van der Waals surface area (Å²) in [6.07, 6.45) is 8.57. The third kappa shape index (κ3) is 2.55. The highest BCUT2D eigenvalue weighted by Crippen LogP contribution is 2.49. The van der Waals surface area contributed by atoms with E-state index in [1.54, 1.807) is 0 Å². The van der Waals surface area contributed by atoms with Crippen LogP contribution in [0, 0.1) is 17.8 Å². The molecule has 2 bridgehead atoms. The first-order chi connectivity index (χ1) is 10.6. The summed E-state index contributed by atoms with van der Waals surface area (Å²) < 4.78 is 2.08. The second-order valence-corrected chi connectivity index (χ2v) is 7.70. The van der Waals surface area contributed by atoms with Crippen LogP contribution in [0.5, 0.6) is 0 Å². The number of fused-ring (bicyclic) bond motifs is 2. The fourth-order valence-electron chi connectivity index (χ4n) is 4.52. The van der Waals surface area contributed by atoms with E-state index < -0.39 is 0 Å². The summed E-state index contributed by atoms with van der Waals surface area (Å²) in [5, 5.41) is 8.59. The lowest BCUT2D eigenvalue weighted by Crippen LogP contribution is -2.30. The summed E-state index contributed by atoms with van der Waals surface area (Å²) >= 11 is 0. The summed E-state index contributed by atoms with van der Waals surface area (Å²) in [7, 11) is 3.93. The average Bonchev–Trinajstić information content (AvgIpc) is 2.96. The predicted octanol–water partition coefficient (Wildman–Crippen LogP) is 2.48. The van der Waals surface area contributed by atoms with Crippen LogP contribution in [0.2, 0.25) is 0 Å². The Kier molecular flexibility index (Phi) is 3.46. The summed E-state index contributed by atoms with van der Waals surface area (Å²) in [6, 6.07) is 0. The molecule has 3 atom stereocenters. The molecule has 5 heteroatoms. The van der Waals surface area contributed by atoms with Crippen molar-refractivity contribution < 1.29 is 4.79 Å². The SMILES string of the molecule is CN(Cc1nnc(C2CC2)n1C)C(=O)C[C@@H]1C[C@H]2CC[C@H]1C2. The lowest BCUT2D eigenvalue weighted by atomic mass is 9.86. The molecule has 0 unspecified atom stereocenters. The number of carbonyl (C=O) groups is 1. The molecular weight excluding hydrogens is 276 g/mol. The molecule has 3 aliphatic carbocycles. The molecule has 1 heterocycles. The highest BCUT2D eigenvalue weighted by atomic mass is 16.2. The minimum Gasteiger partial charge on any atom is -0.338 e.